The number of carbonyl (C=O) groups excluding carboxylic acids is 1. The first-order valence-electron chi connectivity index (χ1n) is 13.5. The van der Waals surface area contributed by atoms with E-state index in [0.29, 0.717) is 41.4 Å². The van der Waals surface area contributed by atoms with Crippen LogP contribution in [0.15, 0.2) is 102 Å². The maximum Gasteiger partial charge on any atom is 0.299 e. The molecular weight excluding hydrogens is 530 g/mol. The van der Waals surface area contributed by atoms with Crippen LogP contribution in [0, 0.1) is 13.8 Å². The fraction of sp³-hybridized carbons (Fsp3) is 0.152. The smallest absolute Gasteiger partial charge is 0.299 e. The van der Waals surface area contributed by atoms with Gasteiger partial charge in [0.15, 0.2) is 11.4 Å². The van der Waals surface area contributed by atoms with Crippen LogP contribution in [0.1, 0.15) is 27.2 Å². The van der Waals surface area contributed by atoms with Crippen molar-refractivity contribution in [3.05, 3.63) is 130 Å². The van der Waals surface area contributed by atoms with Crippen molar-refractivity contribution >= 4 is 17.3 Å². The molecule has 0 bridgehead atoms. The van der Waals surface area contributed by atoms with Crippen molar-refractivity contribution < 1.29 is 14.3 Å². The van der Waals surface area contributed by atoms with Crippen LogP contribution in [0.4, 0.5) is 11.4 Å². The molecule has 5 aromatic rings. The monoisotopic (exact) mass is 561 g/mol. The van der Waals surface area contributed by atoms with Gasteiger partial charge in [-0.2, -0.15) is 9.78 Å². The van der Waals surface area contributed by atoms with Gasteiger partial charge in [0.2, 0.25) is 0 Å². The van der Waals surface area contributed by atoms with Crippen molar-refractivity contribution in [2.75, 3.05) is 19.0 Å². The van der Waals surface area contributed by atoms with Crippen LogP contribution in [-0.2, 0) is 6.42 Å². The van der Waals surface area contributed by atoms with Crippen molar-refractivity contribution in [1.29, 1.82) is 0 Å². The molecule has 9 heteroatoms. The first-order valence-corrected chi connectivity index (χ1v) is 13.5. The van der Waals surface area contributed by atoms with Gasteiger partial charge in [0.1, 0.15) is 11.5 Å². The number of amides is 1. The maximum atomic E-state index is 13.8. The fourth-order valence-corrected chi connectivity index (χ4v) is 4.29. The summed E-state index contributed by atoms with van der Waals surface area (Å²) in [5.74, 6) is 1.37. The molecule has 2 heterocycles. The zero-order valence-corrected chi connectivity index (χ0v) is 23.6. The predicted molar refractivity (Wildman–Crippen MR) is 162 cm³/mol. The molecule has 5 rings (SSSR count). The highest BCUT2D eigenvalue weighted by Crippen LogP contribution is 2.32. The number of carbonyl (C=O) groups is 1. The number of nitrogens with zero attached hydrogens (tertiary/aromatic N) is 3. The zero-order valence-electron chi connectivity index (χ0n) is 23.6. The van der Waals surface area contributed by atoms with Gasteiger partial charge in [-0.25, -0.2) is 0 Å². The quantitative estimate of drug-likeness (QED) is 0.223. The van der Waals surface area contributed by atoms with Gasteiger partial charge in [0.05, 0.1) is 19.0 Å². The molecule has 2 N–H and O–H groups in total. The number of ether oxygens (including phenoxy) is 2. The normalized spacial score (nSPS) is 10.6. The van der Waals surface area contributed by atoms with Gasteiger partial charge in [-0.05, 0) is 91.7 Å². The number of hydrogen-bond acceptors (Lipinski definition) is 7. The Bertz CT molecular complexity index is 1730. The molecule has 0 atom stereocenters. The Kier molecular flexibility index (Phi) is 8.58. The topological polar surface area (TPSA) is 107 Å². The van der Waals surface area contributed by atoms with Gasteiger partial charge < -0.3 is 20.1 Å². The minimum absolute atomic E-state index is 0.192. The molecule has 0 fully saturated rings. The van der Waals surface area contributed by atoms with Crippen LogP contribution in [0.3, 0.4) is 0 Å². The lowest BCUT2D eigenvalue weighted by atomic mass is 10.1. The van der Waals surface area contributed by atoms with Crippen molar-refractivity contribution in [3.63, 3.8) is 0 Å². The highest BCUT2D eigenvalue weighted by molar-refractivity contribution is 5.94. The second kappa shape index (κ2) is 12.8. The van der Waals surface area contributed by atoms with E-state index in [-0.39, 0.29) is 17.3 Å². The fourth-order valence-electron chi connectivity index (χ4n) is 4.29. The van der Waals surface area contributed by atoms with Crippen molar-refractivity contribution in [2.45, 2.75) is 20.3 Å². The number of pyridine rings is 1. The number of aromatic nitrogens is 3. The Balaban J connectivity index is 1.40. The van der Waals surface area contributed by atoms with Crippen LogP contribution >= 0.6 is 0 Å². The van der Waals surface area contributed by atoms with E-state index >= 15 is 0 Å². The van der Waals surface area contributed by atoms with Gasteiger partial charge in [-0.15, -0.1) is 0 Å². The standard InChI is InChI=1S/C33H31N5O4/c1-22-7-6-9-29(23(22)2)42-30-21-36-38(27-14-16-28(41-3)17-15-27)33(40)31(30)37-26-12-10-24(11-13-26)32(39)35-20-18-25-8-4-5-19-34-25/h4-17,19,21,37H,18,20H2,1-3H3,(H,35,39). The number of aryl methyl sites for hydroxylation is 1. The third kappa shape index (κ3) is 6.47. The van der Waals surface area contributed by atoms with Gasteiger partial charge in [-0.3, -0.25) is 14.6 Å². The largest absolute Gasteiger partial charge is 0.497 e. The summed E-state index contributed by atoms with van der Waals surface area (Å²) >= 11 is 0. The van der Waals surface area contributed by atoms with E-state index in [1.807, 2.05) is 50.2 Å². The molecule has 0 radical (unpaired) electrons. The average molecular weight is 562 g/mol. The lowest BCUT2D eigenvalue weighted by Crippen LogP contribution is -2.26. The van der Waals surface area contributed by atoms with Crippen LogP contribution in [0.2, 0.25) is 0 Å². The highest BCUT2D eigenvalue weighted by Gasteiger charge is 2.17. The molecule has 212 valence electrons. The number of methoxy groups -OCH3 is 1. The van der Waals surface area contributed by atoms with Crippen LogP contribution in [-0.4, -0.2) is 34.3 Å². The number of rotatable bonds is 10. The Morgan fingerprint density at radius 3 is 2.40 bits per heavy atom. The molecule has 0 saturated heterocycles. The Morgan fingerprint density at radius 2 is 1.69 bits per heavy atom. The van der Waals surface area contributed by atoms with Crippen LogP contribution < -0.4 is 25.7 Å². The van der Waals surface area contributed by atoms with Gasteiger partial charge >= 0.3 is 0 Å². The maximum absolute atomic E-state index is 13.8. The second-order valence-electron chi connectivity index (χ2n) is 9.63. The third-order valence-corrected chi connectivity index (χ3v) is 6.84. The second-order valence-corrected chi connectivity index (χ2v) is 9.63. The molecule has 3 aromatic carbocycles. The predicted octanol–water partition coefficient (Wildman–Crippen LogP) is 5.76. The first-order chi connectivity index (χ1) is 20.4. The Hall–Kier alpha value is -5.44. The highest BCUT2D eigenvalue weighted by atomic mass is 16.5. The molecular formula is C33H31N5O4. The minimum Gasteiger partial charge on any atom is -0.497 e. The van der Waals surface area contributed by atoms with Crippen molar-refractivity contribution in [2.24, 2.45) is 0 Å². The summed E-state index contributed by atoms with van der Waals surface area (Å²) in [6.45, 7) is 4.43. The first kappa shape index (κ1) is 28.1. The number of anilines is 2. The SMILES string of the molecule is COc1ccc(-n2ncc(Oc3cccc(C)c3C)c(Nc3ccc(C(=O)NCCc4ccccn4)cc3)c2=O)cc1. The summed E-state index contributed by atoms with van der Waals surface area (Å²) in [6.07, 6.45) is 3.88. The van der Waals surface area contributed by atoms with Gasteiger partial charge in [0.25, 0.3) is 11.5 Å². The molecule has 0 spiro atoms. The van der Waals surface area contributed by atoms with E-state index in [9.17, 15) is 9.59 Å². The summed E-state index contributed by atoms with van der Waals surface area (Å²) in [6, 6.07) is 25.4. The molecule has 1 amide bonds. The molecule has 9 nitrogen and oxygen atoms in total. The Morgan fingerprint density at radius 1 is 0.905 bits per heavy atom. The summed E-state index contributed by atoms with van der Waals surface area (Å²) in [4.78, 5) is 30.7. The van der Waals surface area contributed by atoms with Crippen LogP contribution in [0.25, 0.3) is 5.69 Å². The summed E-state index contributed by atoms with van der Waals surface area (Å²) in [5.41, 5.74) is 4.41. The van der Waals surface area contributed by atoms with Crippen molar-refractivity contribution in [1.82, 2.24) is 20.1 Å². The number of nitrogens with one attached hydrogen (secondary N) is 2. The molecule has 0 aliphatic carbocycles. The van der Waals surface area contributed by atoms with E-state index in [1.165, 1.54) is 10.9 Å². The average Bonchev–Trinajstić information content (AvgIpc) is 3.02. The van der Waals surface area contributed by atoms with E-state index in [4.69, 9.17) is 9.47 Å². The zero-order chi connectivity index (χ0) is 29.5. The third-order valence-electron chi connectivity index (χ3n) is 6.84. The summed E-state index contributed by atoms with van der Waals surface area (Å²) in [7, 11) is 1.58. The lowest BCUT2D eigenvalue weighted by molar-refractivity contribution is 0.0954. The molecule has 42 heavy (non-hydrogen) atoms. The molecule has 2 aromatic heterocycles. The minimum atomic E-state index is -0.403. The Labute approximate surface area is 243 Å². The van der Waals surface area contributed by atoms with E-state index < -0.39 is 5.56 Å². The molecule has 0 saturated carbocycles. The summed E-state index contributed by atoms with van der Waals surface area (Å²) < 4.78 is 12.8. The van der Waals surface area contributed by atoms with Gasteiger partial charge in [-0.1, -0.05) is 18.2 Å². The molecule has 0 aliphatic rings. The van der Waals surface area contributed by atoms with Crippen molar-refractivity contribution in [3.8, 4) is 22.9 Å². The van der Waals surface area contributed by atoms with E-state index in [1.54, 1.807) is 61.8 Å². The van der Waals surface area contributed by atoms with Gasteiger partial charge in [0, 0.05) is 36.1 Å². The summed E-state index contributed by atoms with van der Waals surface area (Å²) in [5, 5.41) is 10.5. The number of hydrogen-bond donors (Lipinski definition) is 2. The molecule has 0 aliphatic heterocycles. The molecule has 0 unspecified atom stereocenters. The lowest BCUT2D eigenvalue weighted by Gasteiger charge is -2.16. The van der Waals surface area contributed by atoms with Crippen LogP contribution in [0.5, 0.6) is 17.2 Å². The van der Waals surface area contributed by atoms with E-state index in [0.717, 1.165) is 16.8 Å². The van der Waals surface area contributed by atoms with E-state index in [2.05, 4.69) is 20.7 Å². The number of benzene rings is 3.